The smallest absolute Gasteiger partial charge is 0.422 e. The van der Waals surface area contributed by atoms with Gasteiger partial charge in [0.15, 0.2) is 6.61 Å². The average Bonchev–Trinajstić information content (AvgIpc) is 3.09. The number of ether oxygens (including phenoxy) is 4. The number of carbonyl (C=O) groups is 1. The molecule has 0 aliphatic carbocycles. The van der Waals surface area contributed by atoms with E-state index < -0.39 is 19.5 Å². The van der Waals surface area contributed by atoms with Gasteiger partial charge in [0.1, 0.15) is 13.3 Å². The van der Waals surface area contributed by atoms with Gasteiger partial charge in [0.2, 0.25) is 17.7 Å². The number of carbonyl (C=O) groups excluding carboxylic acids is 1. The van der Waals surface area contributed by atoms with E-state index in [1.54, 1.807) is 7.11 Å². The van der Waals surface area contributed by atoms with Crippen LogP contribution in [0.4, 0.5) is 17.6 Å². The van der Waals surface area contributed by atoms with Gasteiger partial charge in [-0.25, -0.2) is 4.39 Å². The molecule has 10 nitrogen and oxygen atoms in total. The Morgan fingerprint density at radius 3 is 2.17 bits per heavy atom. The highest BCUT2D eigenvalue weighted by atomic mass is 19.4. The van der Waals surface area contributed by atoms with Gasteiger partial charge in [0.05, 0.1) is 25.7 Å². The lowest BCUT2D eigenvalue weighted by Crippen LogP contribution is -2.67. The summed E-state index contributed by atoms with van der Waals surface area (Å²) in [6.45, 7) is 0.350. The van der Waals surface area contributed by atoms with Gasteiger partial charge in [0.25, 0.3) is 0 Å². The van der Waals surface area contributed by atoms with Crippen molar-refractivity contribution >= 4 is 5.91 Å². The number of amides is 1. The number of alkyl halides is 4. The first-order valence-corrected chi connectivity index (χ1v) is 15.9. The molecule has 2 aliphatic heterocycles. The maximum Gasteiger partial charge on any atom is 0.422 e. The molecule has 2 fully saturated rings. The first-order chi connectivity index (χ1) is 23.2. The van der Waals surface area contributed by atoms with Crippen molar-refractivity contribution in [1.82, 2.24) is 24.7 Å². The van der Waals surface area contributed by atoms with Crippen LogP contribution in [-0.2, 0) is 16.1 Å². The van der Waals surface area contributed by atoms with Crippen LogP contribution in [0.15, 0.2) is 60.7 Å². The minimum atomic E-state index is -4.63. The highest BCUT2D eigenvalue weighted by Crippen LogP contribution is 2.38. The maximum atomic E-state index is 13.3. The standard InChI is InChI=1S/C34H41F4N5O5/c1-45-17-13-29(44)42-15-16-43-26(20-42)19-41(22-28(43)30(24-9-5-3-6-10-24)25-11-7-4-8-12-25)21-27-31(46-2)39-33(47-18-14-35)40-32(27)48-23-34(36,37)38/h3-12,26,28,30H,13-23H2,1-2H3/t26-,28+/m1/s1. The Balaban J connectivity index is 1.52. The third-order valence-corrected chi connectivity index (χ3v) is 8.61. The van der Waals surface area contributed by atoms with E-state index in [2.05, 4.69) is 44.0 Å². The van der Waals surface area contributed by atoms with Crippen molar-refractivity contribution < 1.29 is 41.3 Å². The molecule has 5 rings (SSSR count). The van der Waals surface area contributed by atoms with Gasteiger partial charge in [-0.05, 0) is 11.1 Å². The SMILES string of the molecule is COCCC(=O)N1CCN2[C@H](CN(Cc3c(OC)nc(OCCF)nc3OCC(F)(F)F)C[C@H]2C(c2ccccc2)c2ccccc2)C1. The third-order valence-electron chi connectivity index (χ3n) is 8.61. The van der Waals surface area contributed by atoms with E-state index in [1.807, 2.05) is 41.3 Å². The summed E-state index contributed by atoms with van der Waals surface area (Å²) in [6, 6.07) is 19.9. The summed E-state index contributed by atoms with van der Waals surface area (Å²) in [4.78, 5) is 27.8. The number of aromatic nitrogens is 2. The largest absolute Gasteiger partial charge is 0.481 e. The van der Waals surface area contributed by atoms with Crippen LogP contribution in [0.1, 0.15) is 29.0 Å². The molecule has 0 spiro atoms. The molecular weight excluding hydrogens is 634 g/mol. The topological polar surface area (TPSA) is 89.5 Å². The van der Waals surface area contributed by atoms with Gasteiger partial charge < -0.3 is 23.8 Å². The zero-order chi connectivity index (χ0) is 34.1. The molecule has 14 heteroatoms. The molecule has 3 heterocycles. The van der Waals surface area contributed by atoms with Crippen molar-refractivity contribution in [1.29, 1.82) is 0 Å². The Labute approximate surface area is 277 Å². The number of nitrogens with zero attached hydrogens (tertiary/aromatic N) is 5. The van der Waals surface area contributed by atoms with Crippen molar-refractivity contribution in [3.8, 4) is 17.8 Å². The van der Waals surface area contributed by atoms with Crippen LogP contribution < -0.4 is 14.2 Å². The number of methoxy groups -OCH3 is 2. The van der Waals surface area contributed by atoms with Gasteiger partial charge in [-0.1, -0.05) is 60.7 Å². The Morgan fingerprint density at radius 2 is 1.56 bits per heavy atom. The number of fused-ring (bicyclic) bond motifs is 1. The second kappa shape index (κ2) is 16.4. The fraction of sp³-hybridized carbons (Fsp3) is 0.500. The Hall–Kier alpha value is -4.01. The van der Waals surface area contributed by atoms with Gasteiger partial charge in [-0.3, -0.25) is 14.6 Å². The summed E-state index contributed by atoms with van der Waals surface area (Å²) < 4.78 is 73.8. The monoisotopic (exact) mass is 675 g/mol. The summed E-state index contributed by atoms with van der Waals surface area (Å²) in [6.07, 6.45) is -4.36. The van der Waals surface area contributed by atoms with Crippen molar-refractivity contribution in [3.05, 3.63) is 77.4 Å². The van der Waals surface area contributed by atoms with E-state index in [1.165, 1.54) is 7.11 Å². The Kier molecular flexibility index (Phi) is 12.1. The number of rotatable bonds is 14. The van der Waals surface area contributed by atoms with E-state index >= 15 is 0 Å². The second-order valence-electron chi connectivity index (χ2n) is 11.8. The summed E-state index contributed by atoms with van der Waals surface area (Å²) in [5.41, 5.74) is 2.45. The number of hydrogen-bond donors (Lipinski definition) is 0. The van der Waals surface area contributed by atoms with Crippen molar-refractivity contribution in [2.75, 3.05) is 73.4 Å². The third kappa shape index (κ3) is 8.91. The highest BCUT2D eigenvalue weighted by Gasteiger charge is 2.43. The average molecular weight is 676 g/mol. The molecule has 260 valence electrons. The molecule has 2 atom stereocenters. The Bertz CT molecular complexity index is 1430. The Morgan fingerprint density at radius 1 is 0.896 bits per heavy atom. The molecule has 2 aromatic carbocycles. The zero-order valence-electron chi connectivity index (χ0n) is 27.1. The maximum absolute atomic E-state index is 13.3. The minimum absolute atomic E-state index is 0.00890. The zero-order valence-corrected chi connectivity index (χ0v) is 27.1. The van der Waals surface area contributed by atoms with Crippen LogP contribution in [0.25, 0.3) is 0 Å². The van der Waals surface area contributed by atoms with Gasteiger partial charge in [-0.2, -0.15) is 23.1 Å². The molecule has 2 saturated heterocycles. The van der Waals surface area contributed by atoms with Gasteiger partial charge >= 0.3 is 12.2 Å². The van der Waals surface area contributed by atoms with Crippen LogP contribution in [0.3, 0.4) is 0 Å². The summed E-state index contributed by atoms with van der Waals surface area (Å²) in [5.74, 6) is -0.425. The van der Waals surface area contributed by atoms with E-state index in [0.29, 0.717) is 39.3 Å². The summed E-state index contributed by atoms with van der Waals surface area (Å²) in [7, 11) is 2.90. The molecule has 0 radical (unpaired) electrons. The van der Waals surface area contributed by atoms with E-state index in [9.17, 15) is 22.4 Å². The van der Waals surface area contributed by atoms with Crippen LogP contribution >= 0.6 is 0 Å². The van der Waals surface area contributed by atoms with E-state index in [4.69, 9.17) is 18.9 Å². The number of piperazine rings is 2. The lowest BCUT2D eigenvalue weighted by molar-refractivity contribution is -0.154. The first-order valence-electron chi connectivity index (χ1n) is 15.9. The molecule has 3 aromatic rings. The normalized spacial score (nSPS) is 18.9. The molecule has 0 unspecified atom stereocenters. The van der Waals surface area contributed by atoms with Crippen molar-refractivity contribution in [3.63, 3.8) is 0 Å². The number of hydrogen-bond acceptors (Lipinski definition) is 9. The van der Waals surface area contributed by atoms with Crippen LogP contribution in [0.5, 0.6) is 17.8 Å². The highest BCUT2D eigenvalue weighted by molar-refractivity contribution is 5.76. The number of benzene rings is 2. The summed E-state index contributed by atoms with van der Waals surface area (Å²) >= 11 is 0. The van der Waals surface area contributed by atoms with Crippen LogP contribution in [0.2, 0.25) is 0 Å². The van der Waals surface area contributed by atoms with Crippen molar-refractivity contribution in [2.45, 2.75) is 37.1 Å². The molecule has 1 aromatic heterocycles. The molecular formula is C34H41F4N5O5. The van der Waals surface area contributed by atoms with E-state index in [0.717, 1.165) is 11.1 Å². The van der Waals surface area contributed by atoms with Gasteiger partial charge in [-0.15, -0.1) is 0 Å². The van der Waals surface area contributed by atoms with E-state index in [-0.39, 0.29) is 66.8 Å². The molecule has 2 aliphatic rings. The molecule has 0 N–H and O–H groups in total. The predicted octanol–water partition coefficient (Wildman–Crippen LogP) is 4.34. The second-order valence-corrected chi connectivity index (χ2v) is 11.8. The summed E-state index contributed by atoms with van der Waals surface area (Å²) in [5, 5.41) is 0. The minimum Gasteiger partial charge on any atom is -0.481 e. The molecule has 1 amide bonds. The quantitative estimate of drug-likeness (QED) is 0.232. The molecule has 48 heavy (non-hydrogen) atoms. The van der Waals surface area contributed by atoms with Gasteiger partial charge in [0, 0.05) is 64.4 Å². The van der Waals surface area contributed by atoms with Crippen molar-refractivity contribution in [2.24, 2.45) is 0 Å². The fourth-order valence-electron chi connectivity index (χ4n) is 6.58. The lowest BCUT2D eigenvalue weighted by Gasteiger charge is -2.53. The molecule has 0 bridgehead atoms. The lowest BCUT2D eigenvalue weighted by atomic mass is 9.81. The van der Waals surface area contributed by atoms with Crippen LogP contribution in [-0.4, -0.2) is 122 Å². The van der Waals surface area contributed by atoms with Crippen LogP contribution in [0, 0.1) is 0 Å². The fourth-order valence-corrected chi connectivity index (χ4v) is 6.58. The number of halogens is 4. The molecule has 0 saturated carbocycles. The first kappa shape index (κ1) is 35.3. The predicted molar refractivity (Wildman–Crippen MR) is 169 cm³/mol.